The molecule has 2 aromatic rings. The van der Waals surface area contributed by atoms with Gasteiger partial charge in [0.15, 0.2) is 0 Å². The van der Waals surface area contributed by atoms with Crippen LogP contribution in [0.15, 0.2) is 60.7 Å². The minimum atomic E-state index is -0.627. The van der Waals surface area contributed by atoms with E-state index in [1.807, 2.05) is 26.0 Å². The quantitative estimate of drug-likeness (QED) is 0.266. The van der Waals surface area contributed by atoms with Gasteiger partial charge in [-0.2, -0.15) is 0 Å². The van der Waals surface area contributed by atoms with Crippen molar-refractivity contribution in [3.8, 4) is 11.5 Å². The molecule has 2 aromatic carbocycles. The minimum absolute atomic E-state index is 0.00978. The lowest BCUT2D eigenvalue weighted by Crippen LogP contribution is -2.31. The number of amides is 3. The first-order valence-corrected chi connectivity index (χ1v) is 12.3. The Morgan fingerprint density at radius 2 is 1.78 bits per heavy atom. The molecule has 1 aliphatic carbocycles. The second-order valence-corrected chi connectivity index (χ2v) is 9.42. The van der Waals surface area contributed by atoms with Gasteiger partial charge in [0.1, 0.15) is 11.5 Å². The Labute approximate surface area is 209 Å². The molecule has 0 unspecified atom stereocenters. The number of rotatable bonds is 6. The maximum absolute atomic E-state index is 13.1. The lowest BCUT2D eigenvalue weighted by molar-refractivity contribution is -0.139. The van der Waals surface area contributed by atoms with Crippen molar-refractivity contribution in [1.82, 2.24) is 0 Å². The van der Waals surface area contributed by atoms with Gasteiger partial charge in [-0.05, 0) is 55.7 Å². The third kappa shape index (κ3) is 4.27. The molecule has 0 aromatic heterocycles. The van der Waals surface area contributed by atoms with E-state index in [4.69, 9.17) is 9.47 Å². The van der Waals surface area contributed by atoms with Crippen molar-refractivity contribution in [1.29, 1.82) is 0 Å². The monoisotopic (exact) mass is 488 g/mol. The molecular formula is C28H28N2O6. The molecule has 2 aliphatic heterocycles. The summed E-state index contributed by atoms with van der Waals surface area (Å²) in [5.41, 5.74) is 1.08. The highest BCUT2D eigenvalue weighted by Crippen LogP contribution is 2.41. The number of carbonyl (C=O) groups is 4. The van der Waals surface area contributed by atoms with Crippen LogP contribution in [0.4, 0.5) is 11.4 Å². The molecule has 0 radical (unpaired) electrons. The summed E-state index contributed by atoms with van der Waals surface area (Å²) in [6, 6.07) is 13.6. The van der Waals surface area contributed by atoms with E-state index in [0.29, 0.717) is 30.2 Å². The predicted octanol–water partition coefficient (Wildman–Crippen LogP) is 3.75. The highest BCUT2D eigenvalue weighted by atomic mass is 16.5. The van der Waals surface area contributed by atoms with Crippen LogP contribution < -0.4 is 19.3 Å². The summed E-state index contributed by atoms with van der Waals surface area (Å²) in [5.74, 6) is -1.56. The number of ether oxygens (including phenoxy) is 2. The number of fused-ring (bicyclic) bond motifs is 1. The van der Waals surface area contributed by atoms with Gasteiger partial charge in [0, 0.05) is 24.7 Å². The van der Waals surface area contributed by atoms with Crippen LogP contribution in [-0.2, 0) is 19.2 Å². The van der Waals surface area contributed by atoms with Gasteiger partial charge in [-0.3, -0.25) is 19.2 Å². The van der Waals surface area contributed by atoms with Crippen molar-refractivity contribution in [2.45, 2.75) is 26.7 Å². The molecule has 5 rings (SSSR count). The molecule has 3 aliphatic rings. The van der Waals surface area contributed by atoms with Crippen molar-refractivity contribution in [2.75, 3.05) is 23.0 Å². The number of anilines is 2. The second-order valence-electron chi connectivity index (χ2n) is 9.42. The summed E-state index contributed by atoms with van der Waals surface area (Å²) in [7, 11) is 0. The molecule has 186 valence electrons. The number of hydrogen-bond acceptors (Lipinski definition) is 6. The molecule has 3 amide bonds. The van der Waals surface area contributed by atoms with E-state index >= 15 is 0 Å². The molecule has 2 fully saturated rings. The Balaban J connectivity index is 1.27. The fourth-order valence-corrected chi connectivity index (χ4v) is 5.29. The topological polar surface area (TPSA) is 93.2 Å². The summed E-state index contributed by atoms with van der Waals surface area (Å²) < 4.78 is 11.0. The van der Waals surface area contributed by atoms with Crippen LogP contribution in [-0.4, -0.2) is 36.8 Å². The molecule has 0 spiro atoms. The number of allylic oxidation sites excluding steroid dienone is 2. The standard InChI is InChI=1S/C28H28N2O6/c1-3-35-21-12-10-19(11-13-21)29-16-18(14-24(29)31)28(34)36-22-8-5-7-20(15-22)30-26(32)23-9-4-6-17(2)25(23)27(30)33/h4-8,10-13,15,17-18,23,25H,3,9,14,16H2,1-2H3/t17-,18+,23+,25+/m1/s1. The van der Waals surface area contributed by atoms with Gasteiger partial charge < -0.3 is 14.4 Å². The van der Waals surface area contributed by atoms with Gasteiger partial charge in [-0.15, -0.1) is 0 Å². The zero-order valence-electron chi connectivity index (χ0n) is 20.3. The fourth-order valence-electron chi connectivity index (χ4n) is 5.29. The predicted molar refractivity (Wildman–Crippen MR) is 133 cm³/mol. The molecule has 2 saturated heterocycles. The summed E-state index contributed by atoms with van der Waals surface area (Å²) in [4.78, 5) is 54.4. The van der Waals surface area contributed by atoms with Gasteiger partial charge in [0.05, 0.1) is 30.0 Å². The zero-order valence-corrected chi connectivity index (χ0v) is 20.3. The third-order valence-electron chi connectivity index (χ3n) is 7.08. The molecule has 0 bridgehead atoms. The zero-order chi connectivity index (χ0) is 25.4. The normalized spacial score (nSPS) is 25.3. The molecule has 0 saturated carbocycles. The maximum atomic E-state index is 13.1. The first-order valence-electron chi connectivity index (χ1n) is 12.3. The lowest BCUT2D eigenvalue weighted by atomic mass is 9.78. The van der Waals surface area contributed by atoms with Gasteiger partial charge in [-0.1, -0.05) is 25.1 Å². The average Bonchev–Trinajstić information content (AvgIpc) is 3.38. The smallest absolute Gasteiger partial charge is 0.316 e. The number of esters is 1. The highest BCUT2D eigenvalue weighted by molar-refractivity contribution is 6.22. The summed E-state index contributed by atoms with van der Waals surface area (Å²) in [6.07, 6.45) is 4.53. The fraction of sp³-hybridized carbons (Fsp3) is 0.357. The van der Waals surface area contributed by atoms with Gasteiger partial charge in [0.2, 0.25) is 17.7 Å². The van der Waals surface area contributed by atoms with Gasteiger partial charge in [-0.25, -0.2) is 4.90 Å². The molecule has 4 atom stereocenters. The number of hydrogen-bond donors (Lipinski definition) is 0. The van der Waals surface area contributed by atoms with Gasteiger partial charge in [0.25, 0.3) is 0 Å². The van der Waals surface area contributed by atoms with Crippen LogP contribution in [0.2, 0.25) is 0 Å². The SMILES string of the molecule is CCOc1ccc(N2C[C@@H](C(=O)Oc3cccc(N4C(=O)[C@H]5[C@H](C)C=CC[C@@H]5C4=O)c3)CC2=O)cc1. The maximum Gasteiger partial charge on any atom is 0.316 e. The Morgan fingerprint density at radius 1 is 1.00 bits per heavy atom. The van der Waals surface area contributed by atoms with E-state index in [1.54, 1.807) is 47.4 Å². The van der Waals surface area contributed by atoms with Crippen LogP contribution in [0.3, 0.4) is 0 Å². The van der Waals surface area contributed by atoms with E-state index in [2.05, 4.69) is 0 Å². The largest absolute Gasteiger partial charge is 0.494 e. The Kier molecular flexibility index (Phi) is 6.35. The van der Waals surface area contributed by atoms with E-state index < -0.39 is 11.9 Å². The molecule has 2 heterocycles. The summed E-state index contributed by atoms with van der Waals surface area (Å²) in [6.45, 7) is 4.60. The molecule has 0 N–H and O–H groups in total. The number of benzene rings is 2. The second kappa shape index (κ2) is 9.60. The summed E-state index contributed by atoms with van der Waals surface area (Å²) in [5, 5.41) is 0. The Morgan fingerprint density at radius 3 is 2.50 bits per heavy atom. The third-order valence-corrected chi connectivity index (χ3v) is 7.08. The van der Waals surface area contributed by atoms with Crippen molar-refractivity contribution >= 4 is 35.1 Å². The van der Waals surface area contributed by atoms with Crippen LogP contribution in [0.5, 0.6) is 11.5 Å². The average molecular weight is 489 g/mol. The van der Waals surface area contributed by atoms with Crippen LogP contribution >= 0.6 is 0 Å². The van der Waals surface area contributed by atoms with E-state index in [-0.39, 0.29) is 54.2 Å². The Hall–Kier alpha value is -3.94. The van der Waals surface area contributed by atoms with E-state index in [0.717, 1.165) is 0 Å². The number of imide groups is 1. The minimum Gasteiger partial charge on any atom is -0.494 e. The molecule has 8 heteroatoms. The van der Waals surface area contributed by atoms with Crippen molar-refractivity contribution in [3.05, 3.63) is 60.7 Å². The highest BCUT2D eigenvalue weighted by Gasteiger charge is 2.50. The first kappa shape index (κ1) is 23.8. The van der Waals surface area contributed by atoms with E-state index in [1.165, 1.54) is 11.0 Å². The summed E-state index contributed by atoms with van der Waals surface area (Å²) >= 11 is 0. The lowest BCUT2D eigenvalue weighted by Gasteiger charge is -2.22. The van der Waals surface area contributed by atoms with Gasteiger partial charge >= 0.3 is 5.97 Å². The first-order chi connectivity index (χ1) is 17.4. The van der Waals surface area contributed by atoms with Crippen LogP contribution in [0.1, 0.15) is 26.7 Å². The van der Waals surface area contributed by atoms with E-state index in [9.17, 15) is 19.2 Å². The number of carbonyl (C=O) groups excluding carboxylic acids is 4. The molecule has 8 nitrogen and oxygen atoms in total. The molecule has 36 heavy (non-hydrogen) atoms. The molecular weight excluding hydrogens is 460 g/mol. The Bertz CT molecular complexity index is 1240. The van der Waals surface area contributed by atoms with Crippen molar-refractivity contribution in [3.63, 3.8) is 0 Å². The number of nitrogens with zero attached hydrogens (tertiary/aromatic N) is 2. The van der Waals surface area contributed by atoms with Crippen LogP contribution in [0.25, 0.3) is 0 Å². The van der Waals surface area contributed by atoms with Crippen molar-refractivity contribution < 1.29 is 28.7 Å². The van der Waals surface area contributed by atoms with Crippen LogP contribution in [0, 0.1) is 23.7 Å². The van der Waals surface area contributed by atoms with Crippen molar-refractivity contribution in [2.24, 2.45) is 23.7 Å².